The zero-order valence-corrected chi connectivity index (χ0v) is 16.2. The zero-order valence-electron chi connectivity index (χ0n) is 16.2. The first-order valence-corrected chi connectivity index (χ1v) is 10.1. The second-order valence-electron chi connectivity index (χ2n) is 7.39. The summed E-state index contributed by atoms with van der Waals surface area (Å²) in [6.45, 7) is 2.22. The first kappa shape index (κ1) is 17.8. The molecule has 5 rings (SSSR count). The van der Waals surface area contributed by atoms with Gasteiger partial charge in [0.2, 0.25) is 0 Å². The van der Waals surface area contributed by atoms with Crippen molar-refractivity contribution in [1.29, 1.82) is 0 Å². The van der Waals surface area contributed by atoms with Gasteiger partial charge in [0.1, 0.15) is 5.69 Å². The van der Waals surface area contributed by atoms with Crippen LogP contribution in [0.15, 0.2) is 79.3 Å². The van der Waals surface area contributed by atoms with Gasteiger partial charge in [0, 0.05) is 24.2 Å². The first-order valence-electron chi connectivity index (χ1n) is 10.1. The molecule has 0 amide bonds. The van der Waals surface area contributed by atoms with Gasteiger partial charge in [-0.25, -0.2) is 0 Å². The average Bonchev–Trinajstić information content (AvgIpc) is 3.48. The molecule has 4 heterocycles. The first-order chi connectivity index (χ1) is 14.4. The van der Waals surface area contributed by atoms with E-state index in [1.807, 2.05) is 36.7 Å². The second-order valence-corrected chi connectivity index (χ2v) is 7.39. The minimum atomic E-state index is 0.170. The van der Waals surface area contributed by atoms with Crippen LogP contribution in [0.5, 0.6) is 0 Å². The van der Waals surface area contributed by atoms with Crippen LogP contribution in [0.3, 0.4) is 0 Å². The summed E-state index contributed by atoms with van der Waals surface area (Å²) in [6.07, 6.45) is 8.14. The van der Waals surface area contributed by atoms with E-state index in [2.05, 4.69) is 56.5 Å². The van der Waals surface area contributed by atoms with Crippen molar-refractivity contribution in [2.24, 2.45) is 0 Å². The summed E-state index contributed by atoms with van der Waals surface area (Å²) in [7, 11) is 0. The van der Waals surface area contributed by atoms with Crippen LogP contribution in [0, 0.1) is 0 Å². The molecule has 1 atom stereocenters. The quantitative estimate of drug-likeness (QED) is 0.543. The Morgan fingerprint density at radius 1 is 0.862 bits per heavy atom. The topological polar surface area (TPSA) is 57.7 Å². The molecule has 1 unspecified atom stereocenters. The fraction of sp³-hybridized carbons (Fsp3) is 0.208. The molecule has 29 heavy (non-hydrogen) atoms. The minimum Gasteiger partial charge on any atom is -0.291 e. The van der Waals surface area contributed by atoms with Crippen molar-refractivity contribution >= 4 is 0 Å². The third-order valence-electron chi connectivity index (χ3n) is 5.54. The standard InChI is InChI=1S/C24H23N5/c1-2-8-18(9-3-1)24(29-14-6-7-15-29)22-16-19(11-13-26-22)20-17-27-28-23(20)21-10-4-5-12-25-21/h1-5,8-13,16-17,24H,6-7,14-15H2,(H,27,28). The molecule has 4 aromatic rings. The summed E-state index contributed by atoms with van der Waals surface area (Å²) >= 11 is 0. The van der Waals surface area contributed by atoms with Crippen molar-refractivity contribution in [3.63, 3.8) is 0 Å². The molecule has 1 fully saturated rings. The zero-order chi connectivity index (χ0) is 19.5. The molecule has 1 N–H and O–H groups in total. The molecule has 1 saturated heterocycles. The monoisotopic (exact) mass is 381 g/mol. The van der Waals surface area contributed by atoms with Crippen molar-refractivity contribution in [3.05, 3.63) is 90.5 Å². The van der Waals surface area contributed by atoms with Gasteiger partial charge in [-0.1, -0.05) is 36.4 Å². The molecule has 1 aliphatic heterocycles. The predicted molar refractivity (Wildman–Crippen MR) is 114 cm³/mol. The summed E-state index contributed by atoms with van der Waals surface area (Å²) < 4.78 is 0. The third-order valence-corrected chi connectivity index (χ3v) is 5.54. The number of nitrogens with one attached hydrogen (secondary N) is 1. The highest BCUT2D eigenvalue weighted by Gasteiger charge is 2.26. The third kappa shape index (κ3) is 3.57. The van der Waals surface area contributed by atoms with Gasteiger partial charge in [-0.05, 0) is 61.3 Å². The molecule has 1 aromatic carbocycles. The van der Waals surface area contributed by atoms with Crippen LogP contribution in [-0.4, -0.2) is 38.2 Å². The Labute approximate surface area is 170 Å². The molecule has 0 aliphatic carbocycles. The number of H-pyrrole nitrogens is 1. The maximum atomic E-state index is 4.79. The van der Waals surface area contributed by atoms with Crippen molar-refractivity contribution < 1.29 is 0 Å². The summed E-state index contributed by atoms with van der Waals surface area (Å²) in [5.74, 6) is 0. The molecule has 5 heteroatoms. The lowest BCUT2D eigenvalue weighted by molar-refractivity contribution is 0.276. The van der Waals surface area contributed by atoms with Crippen LogP contribution < -0.4 is 0 Å². The lowest BCUT2D eigenvalue weighted by atomic mass is 9.98. The molecular formula is C24H23N5. The number of aromatic amines is 1. The number of hydrogen-bond acceptors (Lipinski definition) is 4. The number of likely N-dealkylation sites (tertiary alicyclic amines) is 1. The van der Waals surface area contributed by atoms with E-state index >= 15 is 0 Å². The lowest BCUT2D eigenvalue weighted by Gasteiger charge is -2.27. The van der Waals surface area contributed by atoms with Gasteiger partial charge >= 0.3 is 0 Å². The molecule has 144 valence electrons. The van der Waals surface area contributed by atoms with E-state index in [-0.39, 0.29) is 6.04 Å². The van der Waals surface area contributed by atoms with E-state index in [0.29, 0.717) is 0 Å². The summed E-state index contributed by atoms with van der Waals surface area (Å²) in [5, 5.41) is 7.46. The fourth-order valence-corrected chi connectivity index (χ4v) is 4.18. The van der Waals surface area contributed by atoms with E-state index in [1.165, 1.54) is 18.4 Å². The molecule has 0 spiro atoms. The molecule has 0 saturated carbocycles. The average molecular weight is 381 g/mol. The number of hydrogen-bond donors (Lipinski definition) is 1. The molecule has 3 aromatic heterocycles. The van der Waals surface area contributed by atoms with Crippen molar-refractivity contribution in [2.75, 3.05) is 13.1 Å². The van der Waals surface area contributed by atoms with Crippen molar-refractivity contribution in [3.8, 4) is 22.5 Å². The van der Waals surface area contributed by atoms with Crippen LogP contribution in [-0.2, 0) is 0 Å². The Morgan fingerprint density at radius 3 is 2.48 bits per heavy atom. The van der Waals surface area contributed by atoms with E-state index in [1.54, 1.807) is 6.20 Å². The molecular weight excluding hydrogens is 358 g/mol. The van der Waals surface area contributed by atoms with Gasteiger partial charge in [0.05, 0.1) is 17.4 Å². The Morgan fingerprint density at radius 2 is 1.69 bits per heavy atom. The van der Waals surface area contributed by atoms with E-state index in [0.717, 1.165) is 41.3 Å². The normalized spacial score (nSPS) is 15.4. The summed E-state index contributed by atoms with van der Waals surface area (Å²) in [6, 6.07) is 21.0. The highest BCUT2D eigenvalue weighted by atomic mass is 15.2. The molecule has 0 radical (unpaired) electrons. The Kier molecular flexibility index (Phi) is 4.88. The van der Waals surface area contributed by atoms with Crippen LogP contribution in [0.1, 0.15) is 30.1 Å². The number of rotatable bonds is 5. The van der Waals surface area contributed by atoms with Crippen molar-refractivity contribution in [1.82, 2.24) is 25.1 Å². The van der Waals surface area contributed by atoms with Gasteiger partial charge in [-0.2, -0.15) is 5.10 Å². The van der Waals surface area contributed by atoms with Crippen LogP contribution in [0.4, 0.5) is 0 Å². The van der Waals surface area contributed by atoms with Gasteiger partial charge in [0.15, 0.2) is 0 Å². The minimum absolute atomic E-state index is 0.170. The Hall–Kier alpha value is -3.31. The van der Waals surface area contributed by atoms with Crippen LogP contribution in [0.25, 0.3) is 22.5 Å². The van der Waals surface area contributed by atoms with Crippen LogP contribution in [0.2, 0.25) is 0 Å². The van der Waals surface area contributed by atoms with E-state index < -0.39 is 0 Å². The van der Waals surface area contributed by atoms with Gasteiger partial charge in [0.25, 0.3) is 0 Å². The fourth-order valence-electron chi connectivity index (χ4n) is 4.18. The lowest BCUT2D eigenvalue weighted by Crippen LogP contribution is -2.27. The maximum absolute atomic E-state index is 4.79. The number of pyridine rings is 2. The molecule has 5 nitrogen and oxygen atoms in total. The van der Waals surface area contributed by atoms with E-state index in [9.17, 15) is 0 Å². The Bertz CT molecular complexity index is 1070. The van der Waals surface area contributed by atoms with Gasteiger partial charge in [-0.15, -0.1) is 0 Å². The summed E-state index contributed by atoms with van der Waals surface area (Å²) in [5.41, 5.74) is 6.23. The summed E-state index contributed by atoms with van der Waals surface area (Å²) in [4.78, 5) is 11.8. The Balaban J connectivity index is 1.57. The number of aromatic nitrogens is 4. The molecule has 1 aliphatic rings. The highest BCUT2D eigenvalue weighted by molar-refractivity contribution is 5.78. The largest absolute Gasteiger partial charge is 0.291 e. The van der Waals surface area contributed by atoms with Crippen molar-refractivity contribution in [2.45, 2.75) is 18.9 Å². The smallest absolute Gasteiger partial charge is 0.118 e. The number of nitrogens with zero attached hydrogens (tertiary/aromatic N) is 4. The van der Waals surface area contributed by atoms with E-state index in [4.69, 9.17) is 4.98 Å². The predicted octanol–water partition coefficient (Wildman–Crippen LogP) is 4.72. The van der Waals surface area contributed by atoms with Gasteiger partial charge < -0.3 is 0 Å². The van der Waals surface area contributed by atoms with Crippen LogP contribution >= 0.6 is 0 Å². The molecule has 0 bridgehead atoms. The second kappa shape index (κ2) is 7.97. The van der Waals surface area contributed by atoms with Gasteiger partial charge in [-0.3, -0.25) is 20.0 Å². The number of benzene rings is 1. The maximum Gasteiger partial charge on any atom is 0.118 e. The highest BCUT2D eigenvalue weighted by Crippen LogP contribution is 2.34. The SMILES string of the molecule is c1ccc(C(c2cc(-c3c[nH]nc3-c3ccccn3)ccn2)N2CCCC2)cc1.